The number of likely N-dealkylation sites (N-methyl/N-ethyl adjacent to an activating group) is 1. The maximum absolute atomic E-state index is 13.6. The Labute approximate surface area is 149 Å². The second kappa shape index (κ2) is 8.63. The summed E-state index contributed by atoms with van der Waals surface area (Å²) in [6.07, 6.45) is 5.30. The maximum atomic E-state index is 13.6. The third kappa shape index (κ3) is 4.70. The molecule has 1 atom stereocenters. The van der Waals surface area contributed by atoms with Crippen LogP contribution in [0.1, 0.15) is 44.6 Å². The SMILES string of the molecule is CCCC(C(=O)Nc1c(C)cc(F)cc1OOC)[N+]1(C)CCCCC1. The molecule has 0 saturated carbocycles. The van der Waals surface area contributed by atoms with Gasteiger partial charge in [0.2, 0.25) is 0 Å². The largest absolute Gasteiger partial charge is 0.335 e. The number of quaternary nitrogens is 1. The van der Waals surface area contributed by atoms with E-state index in [2.05, 4.69) is 24.2 Å². The van der Waals surface area contributed by atoms with E-state index in [0.717, 1.165) is 43.3 Å². The predicted octanol–water partition coefficient (Wildman–Crippen LogP) is 3.81. The zero-order chi connectivity index (χ0) is 18.4. The fourth-order valence-corrected chi connectivity index (χ4v) is 3.78. The second-order valence-electron chi connectivity index (χ2n) is 7.13. The Kier molecular flexibility index (Phi) is 6.79. The summed E-state index contributed by atoms with van der Waals surface area (Å²) in [5, 5.41) is 2.97. The van der Waals surface area contributed by atoms with E-state index < -0.39 is 5.82 Å². The molecule has 140 valence electrons. The summed E-state index contributed by atoms with van der Waals surface area (Å²) in [7, 11) is 3.52. The number of rotatable bonds is 7. The Morgan fingerprint density at radius 2 is 2.00 bits per heavy atom. The minimum Gasteiger partial charge on any atom is -0.335 e. The molecular formula is C19H30FN2O3+. The van der Waals surface area contributed by atoms with Gasteiger partial charge < -0.3 is 14.7 Å². The number of carbonyl (C=O) groups is 1. The van der Waals surface area contributed by atoms with Gasteiger partial charge in [0.05, 0.1) is 32.9 Å². The molecule has 0 radical (unpaired) electrons. The molecule has 1 aliphatic heterocycles. The predicted molar refractivity (Wildman–Crippen MR) is 95.9 cm³/mol. The summed E-state index contributed by atoms with van der Waals surface area (Å²) in [6.45, 7) is 5.87. The van der Waals surface area contributed by atoms with Gasteiger partial charge in [-0.3, -0.25) is 4.79 Å². The zero-order valence-corrected chi connectivity index (χ0v) is 15.7. The zero-order valence-electron chi connectivity index (χ0n) is 15.7. The summed E-state index contributed by atoms with van der Waals surface area (Å²) in [4.78, 5) is 22.8. The van der Waals surface area contributed by atoms with Gasteiger partial charge in [-0.2, -0.15) is 4.89 Å². The third-order valence-corrected chi connectivity index (χ3v) is 5.14. The smallest absolute Gasteiger partial charge is 0.282 e. The molecule has 2 rings (SSSR count). The number of piperidine rings is 1. The van der Waals surface area contributed by atoms with Crippen molar-refractivity contribution in [1.29, 1.82) is 0 Å². The molecule has 1 aliphatic rings. The highest BCUT2D eigenvalue weighted by Gasteiger charge is 2.39. The Morgan fingerprint density at radius 1 is 1.32 bits per heavy atom. The van der Waals surface area contributed by atoms with Gasteiger partial charge in [-0.15, -0.1) is 0 Å². The normalized spacial score (nSPS) is 17.8. The van der Waals surface area contributed by atoms with Gasteiger partial charge in [0.1, 0.15) is 5.82 Å². The van der Waals surface area contributed by atoms with Crippen molar-refractivity contribution >= 4 is 11.6 Å². The molecule has 1 aromatic carbocycles. The highest BCUT2D eigenvalue weighted by atomic mass is 19.1. The number of hydrogen-bond acceptors (Lipinski definition) is 3. The molecule has 0 bridgehead atoms. The molecular weight excluding hydrogens is 323 g/mol. The van der Waals surface area contributed by atoms with Gasteiger partial charge in [0, 0.05) is 12.5 Å². The monoisotopic (exact) mass is 353 g/mol. The summed E-state index contributed by atoms with van der Waals surface area (Å²) in [6, 6.07) is 2.48. The standard InChI is InChI=1S/C19H29FN2O3/c1-5-9-16(22(3)10-7-6-8-11-22)19(23)21-18-14(2)12-15(20)13-17(18)25-24-4/h12-13,16H,5-11H2,1-4H3/p+1. The molecule has 1 aromatic rings. The van der Waals surface area contributed by atoms with Crippen LogP contribution in [-0.2, 0) is 9.68 Å². The van der Waals surface area contributed by atoms with Crippen molar-refractivity contribution < 1.29 is 23.4 Å². The lowest BCUT2D eigenvalue weighted by atomic mass is 10.0. The number of amides is 1. The number of nitrogens with zero attached hydrogens (tertiary/aromatic N) is 1. The molecule has 0 aliphatic carbocycles. The highest BCUT2D eigenvalue weighted by Crippen LogP contribution is 2.31. The average molecular weight is 353 g/mol. The molecule has 0 spiro atoms. The van der Waals surface area contributed by atoms with Gasteiger partial charge >= 0.3 is 0 Å². The van der Waals surface area contributed by atoms with Crippen molar-refractivity contribution in [2.75, 3.05) is 32.6 Å². The topological polar surface area (TPSA) is 47.6 Å². The number of hydrogen-bond donors (Lipinski definition) is 1. The maximum Gasteiger partial charge on any atom is 0.282 e. The van der Waals surface area contributed by atoms with Gasteiger partial charge in [0.15, 0.2) is 11.8 Å². The molecule has 1 saturated heterocycles. The van der Waals surface area contributed by atoms with Crippen molar-refractivity contribution in [2.45, 2.75) is 52.0 Å². The molecule has 1 heterocycles. The number of nitrogens with one attached hydrogen (secondary N) is 1. The van der Waals surface area contributed by atoms with Crippen molar-refractivity contribution in [2.24, 2.45) is 0 Å². The molecule has 25 heavy (non-hydrogen) atoms. The van der Waals surface area contributed by atoms with E-state index in [0.29, 0.717) is 11.3 Å². The number of benzene rings is 1. The van der Waals surface area contributed by atoms with Crippen molar-refractivity contribution in [3.05, 3.63) is 23.5 Å². The van der Waals surface area contributed by atoms with E-state index in [9.17, 15) is 9.18 Å². The van der Waals surface area contributed by atoms with Crippen molar-refractivity contribution in [3.8, 4) is 5.75 Å². The van der Waals surface area contributed by atoms with Crippen LogP contribution in [0.4, 0.5) is 10.1 Å². The lowest BCUT2D eigenvalue weighted by Gasteiger charge is -2.43. The van der Waals surface area contributed by atoms with E-state index in [1.807, 2.05) is 0 Å². The molecule has 1 amide bonds. The summed E-state index contributed by atoms with van der Waals surface area (Å²) < 4.78 is 14.4. The van der Waals surface area contributed by atoms with E-state index in [1.165, 1.54) is 25.7 Å². The number of aryl methyl sites for hydroxylation is 1. The molecule has 0 aromatic heterocycles. The van der Waals surface area contributed by atoms with Crippen LogP contribution in [-0.4, -0.2) is 43.7 Å². The van der Waals surface area contributed by atoms with E-state index >= 15 is 0 Å². The molecule has 1 N–H and O–H groups in total. The van der Waals surface area contributed by atoms with E-state index in [1.54, 1.807) is 6.92 Å². The van der Waals surface area contributed by atoms with Crippen LogP contribution in [0.25, 0.3) is 0 Å². The first-order valence-corrected chi connectivity index (χ1v) is 9.07. The van der Waals surface area contributed by atoms with Crippen LogP contribution in [0.2, 0.25) is 0 Å². The van der Waals surface area contributed by atoms with Crippen LogP contribution in [0.5, 0.6) is 5.75 Å². The van der Waals surface area contributed by atoms with E-state index in [4.69, 9.17) is 4.89 Å². The Balaban J connectivity index is 2.26. The minimum atomic E-state index is -0.428. The summed E-state index contributed by atoms with van der Waals surface area (Å²) >= 11 is 0. The van der Waals surface area contributed by atoms with Crippen LogP contribution in [0, 0.1) is 12.7 Å². The van der Waals surface area contributed by atoms with E-state index in [-0.39, 0.29) is 17.7 Å². The fourth-order valence-electron chi connectivity index (χ4n) is 3.78. The lowest BCUT2D eigenvalue weighted by molar-refractivity contribution is -0.929. The summed E-state index contributed by atoms with van der Waals surface area (Å²) in [5.74, 6) is -0.283. The average Bonchev–Trinajstić information content (AvgIpc) is 2.56. The minimum absolute atomic E-state index is 0.0399. The molecule has 5 nitrogen and oxygen atoms in total. The van der Waals surface area contributed by atoms with Gasteiger partial charge in [-0.25, -0.2) is 4.39 Å². The number of carbonyl (C=O) groups excluding carboxylic acids is 1. The van der Waals surface area contributed by atoms with Crippen LogP contribution in [0.3, 0.4) is 0 Å². The van der Waals surface area contributed by atoms with Gasteiger partial charge in [0.25, 0.3) is 5.91 Å². The molecule has 1 fully saturated rings. The molecule has 1 unspecified atom stereocenters. The third-order valence-electron chi connectivity index (χ3n) is 5.14. The van der Waals surface area contributed by atoms with Crippen LogP contribution >= 0.6 is 0 Å². The number of likely N-dealkylation sites (tertiary alicyclic amines) is 1. The number of anilines is 1. The Hall–Kier alpha value is -1.66. The first-order chi connectivity index (χ1) is 11.9. The summed E-state index contributed by atoms with van der Waals surface area (Å²) in [5.41, 5.74) is 1.08. The van der Waals surface area contributed by atoms with Gasteiger partial charge in [-0.1, -0.05) is 6.92 Å². The quantitative estimate of drug-likeness (QED) is 0.461. The lowest BCUT2D eigenvalue weighted by Crippen LogP contribution is -2.59. The Morgan fingerprint density at radius 3 is 2.60 bits per heavy atom. The van der Waals surface area contributed by atoms with Crippen LogP contribution < -0.4 is 10.2 Å². The highest BCUT2D eigenvalue weighted by molar-refractivity contribution is 5.96. The van der Waals surface area contributed by atoms with Crippen LogP contribution in [0.15, 0.2) is 12.1 Å². The Bertz CT molecular complexity index is 601. The first kappa shape index (κ1) is 19.7. The number of halogens is 1. The second-order valence-corrected chi connectivity index (χ2v) is 7.13. The molecule has 6 heteroatoms. The van der Waals surface area contributed by atoms with Crippen molar-refractivity contribution in [3.63, 3.8) is 0 Å². The first-order valence-electron chi connectivity index (χ1n) is 9.07. The van der Waals surface area contributed by atoms with Crippen molar-refractivity contribution in [1.82, 2.24) is 0 Å². The van der Waals surface area contributed by atoms with Gasteiger partial charge in [-0.05, 0) is 44.2 Å². The fraction of sp³-hybridized carbons (Fsp3) is 0.632.